The maximum Gasteiger partial charge on any atom is 0.248 e. The Balaban J connectivity index is 3.72. The van der Waals surface area contributed by atoms with Crippen molar-refractivity contribution in [1.82, 2.24) is 10.6 Å². The molecule has 0 heterocycles. The number of hydrogen-bond acceptors (Lipinski definition) is 5. The van der Waals surface area contributed by atoms with Gasteiger partial charge in [-0.25, -0.2) is 5.90 Å². The summed E-state index contributed by atoms with van der Waals surface area (Å²) in [5.41, 5.74) is 0. The van der Waals surface area contributed by atoms with Gasteiger partial charge < -0.3 is 10.6 Å². The van der Waals surface area contributed by atoms with Crippen molar-refractivity contribution in [3.05, 3.63) is 0 Å². The van der Waals surface area contributed by atoms with Gasteiger partial charge in [0.15, 0.2) is 0 Å². The molecule has 4 N–H and O–H groups in total. The lowest BCUT2D eigenvalue weighted by Crippen LogP contribution is -2.44. The molecule has 0 aromatic rings. The SMILES string of the molecule is CNC(CNC(=O)CON)C(C)=O. The summed E-state index contributed by atoms with van der Waals surface area (Å²) in [6, 6.07) is -0.360. The summed E-state index contributed by atoms with van der Waals surface area (Å²) >= 11 is 0. The van der Waals surface area contributed by atoms with E-state index < -0.39 is 0 Å². The topological polar surface area (TPSA) is 93.4 Å². The van der Waals surface area contributed by atoms with Gasteiger partial charge in [0.1, 0.15) is 12.4 Å². The molecule has 0 aliphatic heterocycles. The molecule has 0 aromatic heterocycles. The Labute approximate surface area is 76.8 Å². The predicted molar refractivity (Wildman–Crippen MR) is 46.7 cm³/mol. The number of carbonyl (C=O) groups is 2. The van der Waals surface area contributed by atoms with Crippen molar-refractivity contribution >= 4 is 11.7 Å². The quantitative estimate of drug-likeness (QED) is 0.427. The minimum atomic E-state index is -0.360. The van der Waals surface area contributed by atoms with Gasteiger partial charge in [0.05, 0.1) is 6.04 Å². The van der Waals surface area contributed by atoms with Crippen molar-refractivity contribution in [3.63, 3.8) is 0 Å². The van der Waals surface area contributed by atoms with Crippen LogP contribution in [0.1, 0.15) is 6.92 Å². The van der Waals surface area contributed by atoms with Crippen LogP contribution in [0, 0.1) is 0 Å². The Bertz CT molecular complexity index is 184. The van der Waals surface area contributed by atoms with Gasteiger partial charge in [0.2, 0.25) is 5.91 Å². The van der Waals surface area contributed by atoms with Gasteiger partial charge in [-0.15, -0.1) is 0 Å². The van der Waals surface area contributed by atoms with Gasteiger partial charge in [-0.05, 0) is 14.0 Å². The second-order valence-corrected chi connectivity index (χ2v) is 2.57. The molecule has 0 aliphatic carbocycles. The van der Waals surface area contributed by atoms with E-state index in [4.69, 9.17) is 0 Å². The largest absolute Gasteiger partial charge is 0.352 e. The zero-order valence-corrected chi connectivity index (χ0v) is 7.79. The molecule has 13 heavy (non-hydrogen) atoms. The molecule has 0 aromatic carbocycles. The summed E-state index contributed by atoms with van der Waals surface area (Å²) in [5.74, 6) is 4.31. The Morgan fingerprint density at radius 1 is 1.54 bits per heavy atom. The summed E-state index contributed by atoms with van der Waals surface area (Å²) in [6.45, 7) is 1.50. The van der Waals surface area contributed by atoms with Crippen LogP contribution < -0.4 is 16.5 Å². The number of ketones is 1. The van der Waals surface area contributed by atoms with Gasteiger partial charge in [-0.2, -0.15) is 0 Å². The van der Waals surface area contributed by atoms with Crippen LogP contribution in [0.15, 0.2) is 0 Å². The molecular weight excluding hydrogens is 174 g/mol. The van der Waals surface area contributed by atoms with Gasteiger partial charge in [-0.1, -0.05) is 0 Å². The third-order valence-corrected chi connectivity index (χ3v) is 1.56. The summed E-state index contributed by atoms with van der Waals surface area (Å²) < 4.78 is 0. The van der Waals surface area contributed by atoms with Gasteiger partial charge in [-0.3, -0.25) is 14.4 Å². The van der Waals surface area contributed by atoms with E-state index in [1.165, 1.54) is 6.92 Å². The molecule has 0 spiro atoms. The maximum absolute atomic E-state index is 10.9. The average molecular weight is 189 g/mol. The lowest BCUT2D eigenvalue weighted by molar-refractivity contribution is -0.126. The second kappa shape index (κ2) is 6.53. The fourth-order valence-electron chi connectivity index (χ4n) is 0.792. The average Bonchev–Trinajstić information content (AvgIpc) is 2.05. The molecule has 1 amide bonds. The second-order valence-electron chi connectivity index (χ2n) is 2.57. The number of carbonyl (C=O) groups excluding carboxylic acids is 2. The normalized spacial score (nSPS) is 12.2. The van der Waals surface area contributed by atoms with Crippen LogP contribution in [0.3, 0.4) is 0 Å². The van der Waals surface area contributed by atoms with Gasteiger partial charge >= 0.3 is 0 Å². The van der Waals surface area contributed by atoms with Crippen molar-refractivity contribution < 1.29 is 14.4 Å². The molecule has 0 saturated heterocycles. The molecule has 1 atom stereocenters. The van der Waals surface area contributed by atoms with E-state index in [2.05, 4.69) is 21.4 Å². The zero-order valence-electron chi connectivity index (χ0n) is 7.79. The summed E-state index contributed by atoms with van der Waals surface area (Å²) in [4.78, 5) is 25.8. The first-order valence-electron chi connectivity index (χ1n) is 3.88. The highest BCUT2D eigenvalue weighted by Gasteiger charge is 2.12. The minimum Gasteiger partial charge on any atom is -0.352 e. The number of Topliss-reactive ketones (excluding diaryl/α,β-unsaturated/α-hetero) is 1. The molecule has 6 heteroatoms. The summed E-state index contributed by atoms with van der Waals surface area (Å²) in [7, 11) is 1.65. The third kappa shape index (κ3) is 5.29. The van der Waals surface area contributed by atoms with Crippen molar-refractivity contribution in [2.45, 2.75) is 13.0 Å². The Morgan fingerprint density at radius 2 is 2.15 bits per heavy atom. The first-order chi connectivity index (χ1) is 6.11. The highest BCUT2D eigenvalue weighted by Crippen LogP contribution is 1.82. The van der Waals surface area contributed by atoms with E-state index in [-0.39, 0.29) is 30.9 Å². The zero-order chi connectivity index (χ0) is 10.3. The lowest BCUT2D eigenvalue weighted by atomic mass is 10.2. The van der Waals surface area contributed by atoms with E-state index in [9.17, 15) is 9.59 Å². The number of rotatable bonds is 6. The van der Waals surface area contributed by atoms with Crippen molar-refractivity contribution in [1.29, 1.82) is 0 Å². The van der Waals surface area contributed by atoms with E-state index in [0.29, 0.717) is 0 Å². The first kappa shape index (κ1) is 12.0. The molecule has 76 valence electrons. The lowest BCUT2D eigenvalue weighted by Gasteiger charge is -2.12. The summed E-state index contributed by atoms with van der Waals surface area (Å²) in [5, 5.41) is 5.25. The van der Waals surface area contributed by atoms with Crippen molar-refractivity contribution in [2.24, 2.45) is 5.90 Å². The Kier molecular flexibility index (Phi) is 6.03. The van der Waals surface area contributed by atoms with E-state index in [1.54, 1.807) is 7.05 Å². The van der Waals surface area contributed by atoms with Crippen LogP contribution in [0.4, 0.5) is 0 Å². The number of nitrogens with two attached hydrogens (primary N) is 1. The Morgan fingerprint density at radius 3 is 2.54 bits per heavy atom. The maximum atomic E-state index is 10.9. The highest BCUT2D eigenvalue weighted by molar-refractivity contribution is 5.83. The number of nitrogens with one attached hydrogen (secondary N) is 2. The molecule has 0 aliphatic rings. The molecule has 1 unspecified atom stereocenters. The van der Waals surface area contributed by atoms with Crippen LogP contribution in [0.2, 0.25) is 0 Å². The number of likely N-dealkylation sites (N-methyl/N-ethyl adjacent to an activating group) is 1. The molecule has 0 fully saturated rings. The standard InChI is InChI=1S/C7H15N3O3/c1-5(11)6(9-2)3-10-7(12)4-13-8/h6,9H,3-4,8H2,1-2H3,(H,10,12). The van der Waals surface area contributed by atoms with Crippen molar-refractivity contribution in [2.75, 3.05) is 20.2 Å². The molecule has 6 nitrogen and oxygen atoms in total. The Hall–Kier alpha value is -0.980. The molecule has 0 saturated carbocycles. The molecule has 0 radical (unpaired) electrons. The molecule has 0 rings (SSSR count). The third-order valence-electron chi connectivity index (χ3n) is 1.56. The van der Waals surface area contributed by atoms with Crippen LogP contribution in [-0.4, -0.2) is 37.9 Å². The molecular formula is C7H15N3O3. The summed E-state index contributed by atoms with van der Waals surface area (Å²) in [6.07, 6.45) is 0. The van der Waals surface area contributed by atoms with E-state index in [1.807, 2.05) is 0 Å². The monoisotopic (exact) mass is 189 g/mol. The predicted octanol–water partition coefficient (Wildman–Crippen LogP) is -1.83. The van der Waals surface area contributed by atoms with E-state index >= 15 is 0 Å². The van der Waals surface area contributed by atoms with Crippen LogP contribution in [0.25, 0.3) is 0 Å². The van der Waals surface area contributed by atoms with Crippen molar-refractivity contribution in [3.8, 4) is 0 Å². The number of amides is 1. The van der Waals surface area contributed by atoms with Crippen LogP contribution in [-0.2, 0) is 14.4 Å². The number of hydrogen-bond donors (Lipinski definition) is 3. The fraction of sp³-hybridized carbons (Fsp3) is 0.714. The van der Waals surface area contributed by atoms with Crippen LogP contribution >= 0.6 is 0 Å². The van der Waals surface area contributed by atoms with Gasteiger partial charge in [0.25, 0.3) is 0 Å². The van der Waals surface area contributed by atoms with E-state index in [0.717, 1.165) is 0 Å². The van der Waals surface area contributed by atoms with Gasteiger partial charge in [0, 0.05) is 6.54 Å². The smallest absolute Gasteiger partial charge is 0.248 e. The highest BCUT2D eigenvalue weighted by atomic mass is 16.6. The minimum absolute atomic E-state index is 0.0310. The first-order valence-corrected chi connectivity index (χ1v) is 3.88. The van der Waals surface area contributed by atoms with Crippen LogP contribution in [0.5, 0.6) is 0 Å². The molecule has 0 bridgehead atoms. The fourth-order valence-corrected chi connectivity index (χ4v) is 0.792.